The van der Waals surface area contributed by atoms with Crippen LogP contribution in [0.1, 0.15) is 38.2 Å². The summed E-state index contributed by atoms with van der Waals surface area (Å²) in [4.78, 5) is 12.4. The summed E-state index contributed by atoms with van der Waals surface area (Å²) in [5.41, 5.74) is 0.833. The Hall–Kier alpha value is -1.35. The van der Waals surface area contributed by atoms with Crippen LogP contribution in [0, 0.1) is 0 Å². The van der Waals surface area contributed by atoms with Gasteiger partial charge in [0, 0.05) is 6.54 Å². The molecule has 0 aliphatic carbocycles. The molecule has 98 valence electrons. The maximum Gasteiger partial charge on any atom is 0.240 e. The maximum absolute atomic E-state index is 12.4. The molecule has 0 bridgehead atoms. The molecule has 0 spiro atoms. The van der Waals surface area contributed by atoms with E-state index in [1.165, 1.54) is 0 Å². The number of nitrogens with one attached hydrogen (secondary N) is 2. The smallest absolute Gasteiger partial charge is 0.240 e. The second kappa shape index (κ2) is 6.01. The minimum atomic E-state index is -0.316. The molecule has 1 heterocycles. The summed E-state index contributed by atoms with van der Waals surface area (Å²) < 4.78 is 0. The Bertz CT molecular complexity index is 383. The van der Waals surface area contributed by atoms with Gasteiger partial charge >= 0.3 is 0 Å². The lowest BCUT2D eigenvalue weighted by Crippen LogP contribution is -2.53. The highest BCUT2D eigenvalue weighted by atomic mass is 16.2. The Morgan fingerprint density at radius 2 is 2.17 bits per heavy atom. The lowest BCUT2D eigenvalue weighted by Gasteiger charge is -2.27. The number of carbonyl (C=O) groups is 1. The van der Waals surface area contributed by atoms with Gasteiger partial charge in [0.1, 0.15) is 0 Å². The van der Waals surface area contributed by atoms with E-state index in [0.29, 0.717) is 6.54 Å². The molecule has 1 aromatic rings. The van der Waals surface area contributed by atoms with Gasteiger partial charge in [-0.05, 0) is 31.4 Å². The second-order valence-corrected chi connectivity index (χ2v) is 5.03. The lowest BCUT2D eigenvalue weighted by molar-refractivity contribution is -0.127. The summed E-state index contributed by atoms with van der Waals surface area (Å²) >= 11 is 0. The maximum atomic E-state index is 12.4. The van der Waals surface area contributed by atoms with Gasteiger partial charge in [-0.25, -0.2) is 0 Å². The van der Waals surface area contributed by atoms with Crippen LogP contribution in [0.15, 0.2) is 30.3 Å². The monoisotopic (exact) mass is 246 g/mol. The highest BCUT2D eigenvalue weighted by molar-refractivity contribution is 5.86. The summed E-state index contributed by atoms with van der Waals surface area (Å²) in [6, 6.07) is 10.1. The molecule has 1 aliphatic rings. The molecule has 0 radical (unpaired) electrons. The Balaban J connectivity index is 1.94. The van der Waals surface area contributed by atoms with E-state index in [-0.39, 0.29) is 11.4 Å². The van der Waals surface area contributed by atoms with Crippen LogP contribution < -0.4 is 10.6 Å². The highest BCUT2D eigenvalue weighted by Crippen LogP contribution is 2.25. The van der Waals surface area contributed by atoms with Gasteiger partial charge in [-0.1, -0.05) is 43.7 Å². The van der Waals surface area contributed by atoms with E-state index >= 15 is 0 Å². The van der Waals surface area contributed by atoms with Gasteiger partial charge in [0.25, 0.3) is 0 Å². The number of amides is 1. The first kappa shape index (κ1) is 13.1. The van der Waals surface area contributed by atoms with Gasteiger partial charge in [0.2, 0.25) is 5.91 Å². The average Bonchev–Trinajstić information content (AvgIpc) is 2.87. The molecule has 2 rings (SSSR count). The highest BCUT2D eigenvalue weighted by Gasteiger charge is 2.39. The molecular formula is C15H22N2O. The van der Waals surface area contributed by atoms with Crippen molar-refractivity contribution >= 4 is 5.91 Å². The van der Waals surface area contributed by atoms with Crippen LogP contribution in [0.5, 0.6) is 0 Å². The van der Waals surface area contributed by atoms with E-state index in [4.69, 9.17) is 0 Å². The summed E-state index contributed by atoms with van der Waals surface area (Å²) in [6.45, 7) is 3.71. The van der Waals surface area contributed by atoms with Crippen LogP contribution in [0.4, 0.5) is 0 Å². The lowest BCUT2D eigenvalue weighted by atomic mass is 9.91. The third-order valence-corrected chi connectivity index (χ3v) is 3.65. The fourth-order valence-electron chi connectivity index (χ4n) is 2.70. The Labute approximate surface area is 109 Å². The van der Waals surface area contributed by atoms with Gasteiger partial charge in [0.15, 0.2) is 0 Å². The zero-order chi connectivity index (χ0) is 12.8. The van der Waals surface area contributed by atoms with Crippen LogP contribution in [0.3, 0.4) is 0 Å². The van der Waals surface area contributed by atoms with Crippen molar-refractivity contribution in [1.82, 2.24) is 10.6 Å². The van der Waals surface area contributed by atoms with E-state index in [2.05, 4.69) is 17.6 Å². The quantitative estimate of drug-likeness (QED) is 0.836. The van der Waals surface area contributed by atoms with Gasteiger partial charge in [0.05, 0.1) is 5.54 Å². The molecule has 3 nitrogen and oxygen atoms in total. The van der Waals surface area contributed by atoms with Crippen LogP contribution >= 0.6 is 0 Å². The minimum absolute atomic E-state index is 0.158. The predicted octanol–water partition coefficient (Wildman–Crippen LogP) is 2.23. The predicted molar refractivity (Wildman–Crippen MR) is 73.2 cm³/mol. The topological polar surface area (TPSA) is 41.1 Å². The van der Waals surface area contributed by atoms with Gasteiger partial charge in [-0.3, -0.25) is 4.79 Å². The molecule has 1 fully saturated rings. The SMILES string of the molecule is CCCC1(C(=O)NCc2ccccc2)CCCN1. The van der Waals surface area contributed by atoms with Gasteiger partial charge in [-0.15, -0.1) is 0 Å². The largest absolute Gasteiger partial charge is 0.350 e. The molecule has 1 unspecified atom stereocenters. The molecule has 1 aliphatic heterocycles. The first-order chi connectivity index (χ1) is 8.77. The van der Waals surface area contributed by atoms with Crippen molar-refractivity contribution in [2.24, 2.45) is 0 Å². The Kier molecular flexibility index (Phi) is 4.37. The fraction of sp³-hybridized carbons (Fsp3) is 0.533. The van der Waals surface area contributed by atoms with E-state index in [1.54, 1.807) is 0 Å². The number of hydrogen-bond donors (Lipinski definition) is 2. The average molecular weight is 246 g/mol. The van der Waals surface area contributed by atoms with Crippen molar-refractivity contribution in [3.05, 3.63) is 35.9 Å². The molecule has 1 saturated heterocycles. The molecule has 1 aromatic carbocycles. The molecule has 0 aromatic heterocycles. The van der Waals surface area contributed by atoms with E-state index in [9.17, 15) is 4.79 Å². The zero-order valence-electron chi connectivity index (χ0n) is 11.0. The fourth-order valence-corrected chi connectivity index (χ4v) is 2.70. The van der Waals surface area contributed by atoms with Crippen molar-refractivity contribution < 1.29 is 4.79 Å². The normalized spacial score (nSPS) is 22.9. The summed E-state index contributed by atoms with van der Waals surface area (Å²) in [5.74, 6) is 0.158. The third-order valence-electron chi connectivity index (χ3n) is 3.65. The number of benzene rings is 1. The minimum Gasteiger partial charge on any atom is -0.350 e. The number of hydrogen-bond acceptors (Lipinski definition) is 2. The van der Waals surface area contributed by atoms with Gasteiger partial charge in [-0.2, -0.15) is 0 Å². The molecule has 3 heteroatoms. The van der Waals surface area contributed by atoms with Crippen LogP contribution in [0.2, 0.25) is 0 Å². The molecular weight excluding hydrogens is 224 g/mol. The first-order valence-electron chi connectivity index (χ1n) is 6.84. The summed E-state index contributed by atoms with van der Waals surface area (Å²) in [5, 5.41) is 6.46. The summed E-state index contributed by atoms with van der Waals surface area (Å²) in [6.07, 6.45) is 4.01. The number of rotatable bonds is 5. The van der Waals surface area contributed by atoms with Crippen molar-refractivity contribution in [1.29, 1.82) is 0 Å². The van der Waals surface area contributed by atoms with E-state index < -0.39 is 0 Å². The van der Waals surface area contributed by atoms with Gasteiger partial charge < -0.3 is 10.6 Å². The summed E-state index contributed by atoms with van der Waals surface area (Å²) in [7, 11) is 0. The Morgan fingerprint density at radius 1 is 1.39 bits per heavy atom. The van der Waals surface area contributed by atoms with Crippen LogP contribution in [0.25, 0.3) is 0 Å². The van der Waals surface area contributed by atoms with E-state index in [1.807, 2.05) is 30.3 Å². The molecule has 1 atom stereocenters. The molecule has 0 saturated carbocycles. The first-order valence-corrected chi connectivity index (χ1v) is 6.84. The van der Waals surface area contributed by atoms with E-state index in [0.717, 1.165) is 37.8 Å². The second-order valence-electron chi connectivity index (χ2n) is 5.03. The molecule has 2 N–H and O–H groups in total. The van der Waals surface area contributed by atoms with Crippen molar-refractivity contribution in [2.75, 3.05) is 6.54 Å². The third kappa shape index (κ3) is 2.91. The van der Waals surface area contributed by atoms with Crippen molar-refractivity contribution in [3.63, 3.8) is 0 Å². The standard InChI is InChI=1S/C15H22N2O/c1-2-9-15(10-6-11-17-15)14(18)16-12-13-7-4-3-5-8-13/h3-5,7-8,17H,2,6,9-12H2,1H3,(H,16,18). The molecule has 18 heavy (non-hydrogen) atoms. The van der Waals surface area contributed by atoms with Crippen molar-refractivity contribution in [2.45, 2.75) is 44.7 Å². The molecule has 1 amide bonds. The van der Waals surface area contributed by atoms with Crippen molar-refractivity contribution in [3.8, 4) is 0 Å². The van der Waals surface area contributed by atoms with Crippen LogP contribution in [-0.4, -0.2) is 18.0 Å². The van der Waals surface area contributed by atoms with Crippen LogP contribution in [-0.2, 0) is 11.3 Å². The Morgan fingerprint density at radius 3 is 2.78 bits per heavy atom. The zero-order valence-corrected chi connectivity index (χ0v) is 11.0. The number of carbonyl (C=O) groups excluding carboxylic acids is 1.